The fourth-order valence-electron chi connectivity index (χ4n) is 3.69. The Morgan fingerprint density at radius 2 is 1.72 bits per heavy atom. The minimum atomic E-state index is -0.112. The number of para-hydroxylation sites is 1. The maximum Gasteiger partial charge on any atom is 0.254 e. The summed E-state index contributed by atoms with van der Waals surface area (Å²) in [5.74, 6) is 0.746. The number of piperidine rings is 1. The van der Waals surface area contributed by atoms with Crippen LogP contribution >= 0.6 is 0 Å². The standard InChI is InChI=1S/C24H28N4O/c1-19-11-13-27(14-12-19)17-21-9-7-20(8-10-21)15-25-24(29)22-16-26-28(18-22)23-5-3-2-4-6-23/h2-10,16,18-19H,11-15,17H2,1H3,(H,25,29). The molecule has 0 unspecified atom stereocenters. The van der Waals surface area contributed by atoms with Gasteiger partial charge in [-0.25, -0.2) is 4.68 Å². The number of amides is 1. The van der Waals surface area contributed by atoms with Crippen LogP contribution in [0, 0.1) is 5.92 Å². The van der Waals surface area contributed by atoms with Crippen LogP contribution in [0.2, 0.25) is 0 Å². The van der Waals surface area contributed by atoms with Crippen LogP contribution in [-0.4, -0.2) is 33.7 Å². The summed E-state index contributed by atoms with van der Waals surface area (Å²) >= 11 is 0. The molecule has 5 nitrogen and oxygen atoms in total. The second kappa shape index (κ2) is 9.05. The molecule has 1 N–H and O–H groups in total. The number of likely N-dealkylation sites (tertiary alicyclic amines) is 1. The summed E-state index contributed by atoms with van der Waals surface area (Å²) in [5, 5.41) is 7.27. The second-order valence-electron chi connectivity index (χ2n) is 7.97. The molecule has 0 atom stereocenters. The van der Waals surface area contributed by atoms with Crippen molar-refractivity contribution in [2.75, 3.05) is 13.1 Å². The topological polar surface area (TPSA) is 50.2 Å². The van der Waals surface area contributed by atoms with E-state index < -0.39 is 0 Å². The predicted molar refractivity (Wildman–Crippen MR) is 115 cm³/mol. The predicted octanol–water partition coefficient (Wildman–Crippen LogP) is 4.03. The molecular weight excluding hydrogens is 360 g/mol. The summed E-state index contributed by atoms with van der Waals surface area (Å²) in [7, 11) is 0. The van der Waals surface area contributed by atoms with Crippen LogP contribution in [0.25, 0.3) is 5.69 Å². The van der Waals surface area contributed by atoms with E-state index >= 15 is 0 Å². The van der Waals surface area contributed by atoms with Gasteiger partial charge in [0.1, 0.15) is 0 Å². The van der Waals surface area contributed by atoms with Gasteiger partial charge in [0, 0.05) is 19.3 Å². The van der Waals surface area contributed by atoms with Gasteiger partial charge >= 0.3 is 0 Å². The highest BCUT2D eigenvalue weighted by Gasteiger charge is 2.15. The molecule has 0 spiro atoms. The number of carbonyl (C=O) groups excluding carboxylic acids is 1. The van der Waals surface area contributed by atoms with Crippen molar-refractivity contribution >= 4 is 5.91 Å². The average molecular weight is 389 g/mol. The lowest BCUT2D eigenvalue weighted by Crippen LogP contribution is -2.32. The number of hydrogen-bond acceptors (Lipinski definition) is 3. The van der Waals surface area contributed by atoms with Crippen LogP contribution in [0.1, 0.15) is 41.3 Å². The highest BCUT2D eigenvalue weighted by molar-refractivity contribution is 5.93. The number of nitrogens with zero attached hydrogens (tertiary/aromatic N) is 3. The quantitative estimate of drug-likeness (QED) is 0.693. The second-order valence-corrected chi connectivity index (χ2v) is 7.97. The van der Waals surface area contributed by atoms with E-state index in [9.17, 15) is 4.79 Å². The molecule has 29 heavy (non-hydrogen) atoms. The Hall–Kier alpha value is -2.92. The molecule has 1 amide bonds. The van der Waals surface area contributed by atoms with Gasteiger partial charge < -0.3 is 5.32 Å². The molecule has 1 fully saturated rings. The third-order valence-electron chi connectivity index (χ3n) is 5.62. The Morgan fingerprint density at radius 1 is 1.03 bits per heavy atom. The molecular formula is C24H28N4O. The van der Waals surface area contributed by atoms with E-state index in [2.05, 4.69) is 46.5 Å². The zero-order valence-electron chi connectivity index (χ0n) is 16.9. The minimum absolute atomic E-state index is 0.112. The Balaban J connectivity index is 1.29. The smallest absolute Gasteiger partial charge is 0.254 e. The van der Waals surface area contributed by atoms with E-state index in [1.165, 1.54) is 31.5 Å². The van der Waals surface area contributed by atoms with Gasteiger partial charge in [0.15, 0.2) is 0 Å². The van der Waals surface area contributed by atoms with Crippen LogP contribution in [-0.2, 0) is 13.1 Å². The molecule has 5 heteroatoms. The Bertz CT molecular complexity index is 925. The number of rotatable bonds is 6. The summed E-state index contributed by atoms with van der Waals surface area (Å²) in [6.45, 7) is 6.24. The van der Waals surface area contributed by atoms with Gasteiger partial charge in [-0.3, -0.25) is 9.69 Å². The maximum atomic E-state index is 12.4. The Morgan fingerprint density at radius 3 is 2.45 bits per heavy atom. The Kier molecular flexibility index (Phi) is 6.06. The lowest BCUT2D eigenvalue weighted by molar-refractivity contribution is 0.0951. The van der Waals surface area contributed by atoms with Crippen molar-refractivity contribution in [2.45, 2.75) is 32.9 Å². The van der Waals surface area contributed by atoms with Crippen LogP contribution in [0.5, 0.6) is 0 Å². The lowest BCUT2D eigenvalue weighted by atomic mass is 9.99. The summed E-state index contributed by atoms with van der Waals surface area (Å²) < 4.78 is 1.71. The van der Waals surface area contributed by atoms with Gasteiger partial charge in [0.2, 0.25) is 0 Å². The normalized spacial score (nSPS) is 15.3. The third kappa shape index (κ3) is 5.12. The van der Waals surface area contributed by atoms with Crippen molar-refractivity contribution in [3.05, 3.63) is 83.7 Å². The molecule has 0 radical (unpaired) electrons. The summed E-state index contributed by atoms with van der Waals surface area (Å²) in [4.78, 5) is 15.0. The fraction of sp³-hybridized carbons (Fsp3) is 0.333. The lowest BCUT2D eigenvalue weighted by Gasteiger charge is -2.30. The SMILES string of the molecule is CC1CCN(Cc2ccc(CNC(=O)c3cnn(-c4ccccc4)c3)cc2)CC1. The highest BCUT2D eigenvalue weighted by atomic mass is 16.1. The van der Waals surface area contributed by atoms with Crippen molar-refractivity contribution in [3.63, 3.8) is 0 Å². The van der Waals surface area contributed by atoms with E-state index in [4.69, 9.17) is 0 Å². The first-order valence-corrected chi connectivity index (χ1v) is 10.4. The van der Waals surface area contributed by atoms with E-state index in [0.717, 1.165) is 23.7 Å². The highest BCUT2D eigenvalue weighted by Crippen LogP contribution is 2.18. The first-order chi connectivity index (χ1) is 14.2. The molecule has 3 aromatic rings. The van der Waals surface area contributed by atoms with Gasteiger partial charge in [-0.2, -0.15) is 5.10 Å². The minimum Gasteiger partial charge on any atom is -0.348 e. The van der Waals surface area contributed by atoms with Crippen molar-refractivity contribution in [2.24, 2.45) is 5.92 Å². The van der Waals surface area contributed by atoms with Gasteiger partial charge in [-0.15, -0.1) is 0 Å². The maximum absolute atomic E-state index is 12.4. The van der Waals surface area contributed by atoms with E-state index in [-0.39, 0.29) is 5.91 Å². The third-order valence-corrected chi connectivity index (χ3v) is 5.62. The summed E-state index contributed by atoms with van der Waals surface area (Å²) in [5.41, 5.74) is 3.93. The van der Waals surface area contributed by atoms with E-state index in [1.807, 2.05) is 30.3 Å². The summed E-state index contributed by atoms with van der Waals surface area (Å²) in [6.07, 6.45) is 5.95. The molecule has 1 aromatic heterocycles. The molecule has 0 bridgehead atoms. The van der Waals surface area contributed by atoms with Gasteiger partial charge in [0.25, 0.3) is 5.91 Å². The molecule has 2 aromatic carbocycles. The van der Waals surface area contributed by atoms with Gasteiger partial charge in [-0.05, 0) is 55.1 Å². The Labute approximate surface area is 172 Å². The van der Waals surface area contributed by atoms with Crippen molar-refractivity contribution < 1.29 is 4.79 Å². The molecule has 0 saturated carbocycles. The zero-order chi connectivity index (χ0) is 20.1. The molecule has 2 heterocycles. The van der Waals surface area contributed by atoms with Crippen LogP contribution in [0.4, 0.5) is 0 Å². The van der Waals surface area contributed by atoms with E-state index in [0.29, 0.717) is 12.1 Å². The number of carbonyl (C=O) groups is 1. The summed E-state index contributed by atoms with van der Waals surface area (Å²) in [6, 6.07) is 18.3. The number of aromatic nitrogens is 2. The largest absolute Gasteiger partial charge is 0.348 e. The molecule has 1 aliphatic rings. The van der Waals surface area contributed by atoms with Gasteiger partial charge in [-0.1, -0.05) is 49.4 Å². The average Bonchev–Trinajstić information content (AvgIpc) is 3.26. The molecule has 1 saturated heterocycles. The van der Waals surface area contributed by atoms with Crippen molar-refractivity contribution in [1.29, 1.82) is 0 Å². The zero-order valence-corrected chi connectivity index (χ0v) is 16.9. The first kappa shape index (κ1) is 19.4. The molecule has 4 rings (SSSR count). The molecule has 1 aliphatic heterocycles. The number of hydrogen-bond donors (Lipinski definition) is 1. The van der Waals surface area contributed by atoms with Crippen molar-refractivity contribution in [1.82, 2.24) is 20.0 Å². The first-order valence-electron chi connectivity index (χ1n) is 10.4. The fourth-order valence-corrected chi connectivity index (χ4v) is 3.69. The molecule has 150 valence electrons. The molecule has 0 aliphatic carbocycles. The van der Waals surface area contributed by atoms with Gasteiger partial charge in [0.05, 0.1) is 17.4 Å². The van der Waals surface area contributed by atoms with E-state index in [1.54, 1.807) is 17.1 Å². The monoisotopic (exact) mass is 388 g/mol. The van der Waals surface area contributed by atoms with Crippen LogP contribution < -0.4 is 5.32 Å². The van der Waals surface area contributed by atoms with Crippen LogP contribution in [0.15, 0.2) is 67.0 Å². The van der Waals surface area contributed by atoms with Crippen LogP contribution in [0.3, 0.4) is 0 Å². The number of nitrogens with one attached hydrogen (secondary N) is 1. The van der Waals surface area contributed by atoms with Crippen molar-refractivity contribution in [3.8, 4) is 5.69 Å². The number of benzene rings is 2.